The first-order chi connectivity index (χ1) is 8.72. The van der Waals surface area contributed by atoms with Crippen LogP contribution in [-0.4, -0.2) is 28.5 Å². The molecule has 2 aliphatic rings. The molecule has 1 aromatic carbocycles. The maximum absolute atomic E-state index is 9.99. The van der Waals surface area contributed by atoms with E-state index in [4.69, 9.17) is 4.74 Å². The minimum absolute atomic E-state index is 0.256. The topological polar surface area (TPSA) is 32.7 Å². The monoisotopic (exact) mass is 247 g/mol. The first-order valence-electron chi connectivity index (χ1n) is 6.93. The summed E-state index contributed by atoms with van der Waals surface area (Å²) in [5, 5.41) is 11.6. The molecule has 3 atom stereocenters. The van der Waals surface area contributed by atoms with E-state index in [1.54, 1.807) is 5.06 Å². The molecule has 2 heterocycles. The third-order valence-electron chi connectivity index (χ3n) is 4.22. The van der Waals surface area contributed by atoms with E-state index in [9.17, 15) is 5.21 Å². The van der Waals surface area contributed by atoms with Gasteiger partial charge in [-0.1, -0.05) is 24.1 Å². The molecular formula is C15H21NO2. The van der Waals surface area contributed by atoms with E-state index in [0.717, 1.165) is 31.4 Å². The van der Waals surface area contributed by atoms with E-state index >= 15 is 0 Å². The Morgan fingerprint density at radius 1 is 1.11 bits per heavy atom. The summed E-state index contributed by atoms with van der Waals surface area (Å²) in [6.45, 7) is 2.08. The van der Waals surface area contributed by atoms with Crippen molar-refractivity contribution >= 4 is 0 Å². The molecular weight excluding hydrogens is 226 g/mol. The predicted molar refractivity (Wildman–Crippen MR) is 69.9 cm³/mol. The molecule has 0 aliphatic carbocycles. The van der Waals surface area contributed by atoms with Gasteiger partial charge < -0.3 is 9.94 Å². The van der Waals surface area contributed by atoms with Crippen LogP contribution in [-0.2, 0) is 0 Å². The SMILES string of the molecule is Cc1ccc(OC2C[C@H]3CCC[C@@H](C2)N3O)cc1. The fraction of sp³-hybridized carbons (Fsp3) is 0.600. The van der Waals surface area contributed by atoms with Crippen molar-refractivity contribution in [1.29, 1.82) is 0 Å². The lowest BCUT2D eigenvalue weighted by molar-refractivity contribution is -0.207. The van der Waals surface area contributed by atoms with Crippen LogP contribution < -0.4 is 4.74 Å². The maximum atomic E-state index is 9.99. The zero-order chi connectivity index (χ0) is 12.5. The van der Waals surface area contributed by atoms with Crippen LogP contribution in [0.5, 0.6) is 5.75 Å². The van der Waals surface area contributed by atoms with Crippen LogP contribution in [0, 0.1) is 6.92 Å². The van der Waals surface area contributed by atoms with E-state index in [0.29, 0.717) is 12.1 Å². The van der Waals surface area contributed by atoms with Crippen molar-refractivity contribution in [2.75, 3.05) is 0 Å². The van der Waals surface area contributed by atoms with E-state index < -0.39 is 0 Å². The summed E-state index contributed by atoms with van der Waals surface area (Å²) < 4.78 is 6.06. The normalized spacial score (nSPS) is 32.2. The Labute approximate surface area is 108 Å². The largest absolute Gasteiger partial charge is 0.490 e. The Hall–Kier alpha value is -1.06. The molecule has 3 rings (SSSR count). The third-order valence-corrected chi connectivity index (χ3v) is 4.22. The Kier molecular flexibility index (Phi) is 3.27. The van der Waals surface area contributed by atoms with Crippen LogP contribution in [0.25, 0.3) is 0 Å². The van der Waals surface area contributed by atoms with Gasteiger partial charge in [0.15, 0.2) is 0 Å². The molecule has 1 aromatic rings. The second-order valence-corrected chi connectivity index (χ2v) is 5.64. The van der Waals surface area contributed by atoms with Crippen molar-refractivity contribution in [1.82, 2.24) is 5.06 Å². The number of aryl methyl sites for hydroxylation is 1. The number of hydrogen-bond donors (Lipinski definition) is 1. The Bertz CT molecular complexity index is 389. The molecule has 3 heteroatoms. The van der Waals surface area contributed by atoms with Crippen LogP contribution in [0.2, 0.25) is 0 Å². The van der Waals surface area contributed by atoms with Gasteiger partial charge in [0.2, 0.25) is 0 Å². The highest BCUT2D eigenvalue weighted by atomic mass is 16.5. The number of piperidine rings is 2. The van der Waals surface area contributed by atoms with Crippen LogP contribution in [0.1, 0.15) is 37.7 Å². The van der Waals surface area contributed by atoms with Gasteiger partial charge in [-0.05, 0) is 31.9 Å². The van der Waals surface area contributed by atoms with Gasteiger partial charge in [-0.2, -0.15) is 5.06 Å². The molecule has 2 saturated heterocycles. The van der Waals surface area contributed by atoms with Crippen LogP contribution in [0.3, 0.4) is 0 Å². The highest BCUT2D eigenvalue weighted by molar-refractivity contribution is 5.26. The van der Waals surface area contributed by atoms with Crippen LogP contribution in [0.15, 0.2) is 24.3 Å². The number of benzene rings is 1. The minimum Gasteiger partial charge on any atom is -0.490 e. The lowest BCUT2D eigenvalue weighted by Crippen LogP contribution is -2.52. The molecule has 3 nitrogen and oxygen atoms in total. The van der Waals surface area contributed by atoms with Gasteiger partial charge in [0.05, 0.1) is 0 Å². The summed E-state index contributed by atoms with van der Waals surface area (Å²) in [7, 11) is 0. The first kappa shape index (κ1) is 12.0. The summed E-state index contributed by atoms with van der Waals surface area (Å²) in [4.78, 5) is 0. The van der Waals surface area contributed by atoms with Gasteiger partial charge in [0.1, 0.15) is 11.9 Å². The van der Waals surface area contributed by atoms with Gasteiger partial charge in [-0.3, -0.25) is 0 Å². The average Bonchev–Trinajstić information content (AvgIpc) is 2.33. The molecule has 0 saturated carbocycles. The number of hydrogen-bond acceptors (Lipinski definition) is 3. The number of nitrogens with zero attached hydrogens (tertiary/aromatic N) is 1. The highest BCUT2D eigenvalue weighted by Crippen LogP contribution is 2.34. The third kappa shape index (κ3) is 2.38. The van der Waals surface area contributed by atoms with E-state index in [-0.39, 0.29) is 6.10 Å². The molecule has 2 bridgehead atoms. The fourth-order valence-electron chi connectivity index (χ4n) is 3.21. The average molecular weight is 247 g/mol. The number of rotatable bonds is 2. The zero-order valence-corrected chi connectivity index (χ0v) is 10.9. The van der Waals surface area contributed by atoms with Crippen molar-refractivity contribution in [3.63, 3.8) is 0 Å². The lowest BCUT2D eigenvalue weighted by atomic mass is 9.85. The van der Waals surface area contributed by atoms with Crippen LogP contribution in [0.4, 0.5) is 0 Å². The molecule has 1 unspecified atom stereocenters. The quantitative estimate of drug-likeness (QED) is 0.871. The second-order valence-electron chi connectivity index (χ2n) is 5.64. The van der Waals surface area contributed by atoms with Crippen molar-refractivity contribution in [2.24, 2.45) is 0 Å². The summed E-state index contributed by atoms with van der Waals surface area (Å²) in [5.74, 6) is 0.954. The molecule has 0 spiro atoms. The number of ether oxygens (including phenoxy) is 1. The summed E-state index contributed by atoms with van der Waals surface area (Å²) in [5.41, 5.74) is 1.25. The Balaban J connectivity index is 1.66. The predicted octanol–water partition coefficient (Wildman–Crippen LogP) is 3.15. The summed E-state index contributed by atoms with van der Waals surface area (Å²) >= 11 is 0. The Morgan fingerprint density at radius 2 is 1.72 bits per heavy atom. The van der Waals surface area contributed by atoms with E-state index in [1.165, 1.54) is 12.0 Å². The first-order valence-corrected chi connectivity index (χ1v) is 6.93. The summed E-state index contributed by atoms with van der Waals surface area (Å²) in [6, 6.07) is 8.84. The zero-order valence-electron chi connectivity index (χ0n) is 10.9. The minimum atomic E-state index is 0.256. The number of hydroxylamine groups is 2. The van der Waals surface area contributed by atoms with Crippen molar-refractivity contribution in [3.05, 3.63) is 29.8 Å². The Morgan fingerprint density at radius 3 is 2.33 bits per heavy atom. The fourth-order valence-corrected chi connectivity index (χ4v) is 3.21. The van der Waals surface area contributed by atoms with Gasteiger partial charge in [0, 0.05) is 24.9 Å². The van der Waals surface area contributed by atoms with E-state index in [2.05, 4.69) is 19.1 Å². The molecule has 0 aromatic heterocycles. The number of fused-ring (bicyclic) bond motifs is 2. The van der Waals surface area contributed by atoms with E-state index in [1.807, 2.05) is 12.1 Å². The smallest absolute Gasteiger partial charge is 0.119 e. The lowest BCUT2D eigenvalue weighted by Gasteiger charge is -2.44. The standard InChI is InChI=1S/C15H21NO2/c1-11-5-7-14(8-6-11)18-15-9-12-3-2-4-13(10-15)16(12)17/h5-8,12-13,15,17H,2-4,9-10H2,1H3/t12-,13+,15?. The van der Waals surface area contributed by atoms with Crippen molar-refractivity contribution in [3.8, 4) is 5.75 Å². The molecule has 98 valence electrons. The van der Waals surface area contributed by atoms with Gasteiger partial charge in [-0.25, -0.2) is 0 Å². The van der Waals surface area contributed by atoms with Gasteiger partial charge >= 0.3 is 0 Å². The van der Waals surface area contributed by atoms with Gasteiger partial charge in [0.25, 0.3) is 0 Å². The maximum Gasteiger partial charge on any atom is 0.119 e. The second kappa shape index (κ2) is 4.90. The molecule has 0 amide bonds. The molecule has 2 fully saturated rings. The molecule has 18 heavy (non-hydrogen) atoms. The molecule has 2 aliphatic heterocycles. The van der Waals surface area contributed by atoms with Crippen molar-refractivity contribution < 1.29 is 9.94 Å². The molecule has 0 radical (unpaired) electrons. The summed E-state index contributed by atoms with van der Waals surface area (Å²) in [6.07, 6.45) is 5.58. The van der Waals surface area contributed by atoms with Crippen LogP contribution >= 0.6 is 0 Å². The highest BCUT2D eigenvalue weighted by Gasteiger charge is 2.38. The molecule has 1 N–H and O–H groups in total. The van der Waals surface area contributed by atoms with Gasteiger partial charge in [-0.15, -0.1) is 0 Å². The van der Waals surface area contributed by atoms with Crippen molar-refractivity contribution in [2.45, 2.75) is 57.2 Å².